The van der Waals surface area contributed by atoms with Crippen LogP contribution in [0.5, 0.6) is 5.75 Å². The molecule has 13 heteroatoms. The standard InChI is InChI=1S/C26H37F3N6O4/c1-32(2)13-10-30-23(36)18-14-21-22(31-15-18)35(25(38)24(37)33(21)3)19-8-11-34(12-9-19)16-17-4-6-20(7-5-17)39-26(27,28)29/h4-7,18-19,21-22,31H,8-16H2,1-3H3,(H,30,36). The number of halogens is 3. The van der Waals surface area contributed by atoms with Crippen LogP contribution in [0.2, 0.25) is 0 Å². The number of nitrogens with zero attached hydrogens (tertiary/aromatic N) is 4. The smallest absolute Gasteiger partial charge is 0.406 e. The van der Waals surface area contributed by atoms with Crippen LogP contribution in [-0.4, -0.2) is 116 Å². The van der Waals surface area contributed by atoms with Gasteiger partial charge in [-0.05, 0) is 51.1 Å². The summed E-state index contributed by atoms with van der Waals surface area (Å²) in [6.07, 6.45) is -3.28. The van der Waals surface area contributed by atoms with Gasteiger partial charge in [-0.25, -0.2) is 0 Å². The molecule has 216 valence electrons. The van der Waals surface area contributed by atoms with Crippen LogP contribution in [0.1, 0.15) is 24.8 Å². The van der Waals surface area contributed by atoms with Gasteiger partial charge in [-0.1, -0.05) is 12.1 Å². The second-order valence-corrected chi connectivity index (χ2v) is 10.8. The van der Waals surface area contributed by atoms with Crippen molar-refractivity contribution in [2.75, 3.05) is 53.9 Å². The average Bonchev–Trinajstić information content (AvgIpc) is 2.88. The number of carbonyl (C=O) groups excluding carboxylic acids is 3. The lowest BCUT2D eigenvalue weighted by Crippen LogP contribution is -2.73. The summed E-state index contributed by atoms with van der Waals surface area (Å²) in [7, 11) is 5.49. The molecule has 0 spiro atoms. The Labute approximate surface area is 226 Å². The number of piperidine rings is 2. The van der Waals surface area contributed by atoms with Gasteiger partial charge in [0.05, 0.1) is 12.0 Å². The maximum atomic E-state index is 13.1. The van der Waals surface area contributed by atoms with Gasteiger partial charge in [-0.3, -0.25) is 24.6 Å². The van der Waals surface area contributed by atoms with E-state index in [0.717, 1.165) is 12.1 Å². The Morgan fingerprint density at radius 3 is 2.41 bits per heavy atom. The Morgan fingerprint density at radius 2 is 1.79 bits per heavy atom. The summed E-state index contributed by atoms with van der Waals surface area (Å²) in [6, 6.07) is 5.39. The van der Waals surface area contributed by atoms with E-state index in [1.165, 1.54) is 17.0 Å². The van der Waals surface area contributed by atoms with Gasteiger partial charge in [0.15, 0.2) is 0 Å². The topological polar surface area (TPSA) is 97.5 Å². The van der Waals surface area contributed by atoms with Crippen LogP contribution in [0, 0.1) is 5.92 Å². The van der Waals surface area contributed by atoms with Gasteiger partial charge in [-0.15, -0.1) is 13.2 Å². The van der Waals surface area contributed by atoms with Crippen LogP contribution in [-0.2, 0) is 20.9 Å². The van der Waals surface area contributed by atoms with Gasteiger partial charge in [0.1, 0.15) is 11.9 Å². The molecule has 3 fully saturated rings. The molecule has 2 N–H and O–H groups in total. The number of ether oxygens (including phenoxy) is 1. The fourth-order valence-electron chi connectivity index (χ4n) is 5.64. The van der Waals surface area contributed by atoms with E-state index < -0.39 is 18.2 Å². The number of alkyl halides is 3. The van der Waals surface area contributed by atoms with E-state index in [-0.39, 0.29) is 35.8 Å². The number of hydrogen-bond acceptors (Lipinski definition) is 7. The summed E-state index contributed by atoms with van der Waals surface area (Å²) in [6.45, 7) is 3.60. The highest BCUT2D eigenvalue weighted by molar-refractivity contribution is 6.35. The van der Waals surface area contributed by atoms with Crippen molar-refractivity contribution in [2.24, 2.45) is 5.92 Å². The van der Waals surface area contributed by atoms with Gasteiger partial charge < -0.3 is 24.8 Å². The van der Waals surface area contributed by atoms with E-state index >= 15 is 0 Å². The highest BCUT2D eigenvalue weighted by Gasteiger charge is 2.50. The molecule has 3 heterocycles. The van der Waals surface area contributed by atoms with E-state index in [2.05, 4.69) is 20.3 Å². The quantitative estimate of drug-likeness (QED) is 0.460. The number of likely N-dealkylation sites (tertiary alicyclic amines) is 1. The lowest BCUT2D eigenvalue weighted by molar-refractivity contribution is -0.274. The zero-order valence-electron chi connectivity index (χ0n) is 22.5. The van der Waals surface area contributed by atoms with Crippen molar-refractivity contribution in [1.82, 2.24) is 30.2 Å². The molecule has 3 unspecified atom stereocenters. The van der Waals surface area contributed by atoms with E-state index in [1.807, 2.05) is 19.0 Å². The summed E-state index contributed by atoms with van der Waals surface area (Å²) >= 11 is 0. The Kier molecular flexibility index (Phi) is 9.02. The normalized spacial score (nSPS) is 25.2. The Balaban J connectivity index is 1.33. The monoisotopic (exact) mass is 554 g/mol. The van der Waals surface area contributed by atoms with Crippen molar-refractivity contribution in [3.05, 3.63) is 29.8 Å². The number of rotatable bonds is 8. The molecular weight excluding hydrogens is 517 g/mol. The first-order chi connectivity index (χ1) is 18.4. The van der Waals surface area contributed by atoms with E-state index in [0.29, 0.717) is 52.0 Å². The minimum absolute atomic E-state index is 0.0570. The third-order valence-corrected chi connectivity index (χ3v) is 7.74. The molecule has 3 aliphatic heterocycles. The molecule has 0 aromatic heterocycles. The minimum atomic E-state index is -4.73. The number of piperazine rings is 1. The predicted octanol–water partition coefficient (Wildman–Crippen LogP) is 0.832. The van der Waals surface area contributed by atoms with Crippen LogP contribution in [0.4, 0.5) is 13.2 Å². The number of amides is 3. The molecule has 39 heavy (non-hydrogen) atoms. The zero-order valence-corrected chi connectivity index (χ0v) is 22.5. The Hall–Kier alpha value is -2.90. The van der Waals surface area contributed by atoms with Crippen LogP contribution in [0.15, 0.2) is 24.3 Å². The number of fused-ring (bicyclic) bond motifs is 1. The van der Waals surface area contributed by atoms with E-state index in [1.54, 1.807) is 24.1 Å². The lowest BCUT2D eigenvalue weighted by atomic mass is 9.87. The number of likely N-dealkylation sites (N-methyl/N-ethyl adjacent to an activating group) is 2. The average molecular weight is 555 g/mol. The molecule has 0 bridgehead atoms. The SMILES string of the molecule is CN(C)CCNC(=O)C1CNC2C(C1)N(C)C(=O)C(=O)N2C1CCN(Cc2ccc(OC(F)(F)F)cc2)CC1. The number of benzene rings is 1. The van der Waals surface area contributed by atoms with Crippen molar-refractivity contribution in [3.63, 3.8) is 0 Å². The van der Waals surface area contributed by atoms with Crippen LogP contribution >= 0.6 is 0 Å². The van der Waals surface area contributed by atoms with Gasteiger partial charge in [-0.2, -0.15) is 0 Å². The van der Waals surface area contributed by atoms with Gasteiger partial charge >= 0.3 is 18.2 Å². The highest BCUT2D eigenvalue weighted by Crippen LogP contribution is 2.31. The first-order valence-electron chi connectivity index (χ1n) is 13.2. The maximum absolute atomic E-state index is 13.1. The molecule has 3 amide bonds. The molecule has 0 aliphatic carbocycles. The van der Waals surface area contributed by atoms with Crippen molar-refractivity contribution in [3.8, 4) is 5.75 Å². The van der Waals surface area contributed by atoms with Crippen molar-refractivity contribution >= 4 is 17.7 Å². The summed E-state index contributed by atoms with van der Waals surface area (Å²) in [5, 5.41) is 6.35. The third-order valence-electron chi connectivity index (χ3n) is 7.74. The van der Waals surface area contributed by atoms with Crippen LogP contribution in [0.3, 0.4) is 0 Å². The molecule has 1 aromatic carbocycles. The Bertz CT molecular complexity index is 1030. The van der Waals surface area contributed by atoms with Crippen molar-refractivity contribution in [1.29, 1.82) is 0 Å². The van der Waals surface area contributed by atoms with E-state index in [4.69, 9.17) is 0 Å². The molecule has 4 rings (SSSR count). The van der Waals surface area contributed by atoms with Crippen molar-refractivity contribution < 1.29 is 32.3 Å². The fourth-order valence-corrected chi connectivity index (χ4v) is 5.64. The second-order valence-electron chi connectivity index (χ2n) is 10.8. The van der Waals surface area contributed by atoms with Crippen LogP contribution < -0.4 is 15.4 Å². The minimum Gasteiger partial charge on any atom is -0.406 e. The molecule has 3 atom stereocenters. The molecule has 0 radical (unpaired) electrons. The first kappa shape index (κ1) is 29.1. The number of carbonyl (C=O) groups is 3. The molecule has 3 aliphatic rings. The fraction of sp³-hybridized carbons (Fsp3) is 0.654. The first-order valence-corrected chi connectivity index (χ1v) is 13.2. The summed E-state index contributed by atoms with van der Waals surface area (Å²) < 4.78 is 41.1. The molecular formula is C26H37F3N6O4. The molecule has 3 saturated heterocycles. The highest BCUT2D eigenvalue weighted by atomic mass is 19.4. The largest absolute Gasteiger partial charge is 0.573 e. The summed E-state index contributed by atoms with van der Waals surface area (Å²) in [5.74, 6) is -1.70. The van der Waals surface area contributed by atoms with E-state index in [9.17, 15) is 27.6 Å². The number of nitrogens with one attached hydrogen (secondary N) is 2. The van der Waals surface area contributed by atoms with Crippen molar-refractivity contribution in [2.45, 2.75) is 50.4 Å². The van der Waals surface area contributed by atoms with Crippen LogP contribution in [0.25, 0.3) is 0 Å². The molecule has 10 nitrogen and oxygen atoms in total. The molecule has 0 saturated carbocycles. The predicted molar refractivity (Wildman–Crippen MR) is 136 cm³/mol. The second kappa shape index (κ2) is 12.1. The molecule has 1 aromatic rings. The van der Waals surface area contributed by atoms with Gasteiger partial charge in [0, 0.05) is 52.4 Å². The maximum Gasteiger partial charge on any atom is 0.573 e. The summed E-state index contributed by atoms with van der Waals surface area (Å²) in [4.78, 5) is 46.1. The third kappa shape index (κ3) is 7.20. The van der Waals surface area contributed by atoms with Gasteiger partial charge in [0.25, 0.3) is 0 Å². The lowest BCUT2D eigenvalue weighted by Gasteiger charge is -2.52. The van der Waals surface area contributed by atoms with Gasteiger partial charge in [0.2, 0.25) is 5.91 Å². The zero-order chi connectivity index (χ0) is 28.3. The summed E-state index contributed by atoms with van der Waals surface area (Å²) in [5.41, 5.74) is 0.859. The Morgan fingerprint density at radius 1 is 1.13 bits per heavy atom. The number of hydrogen-bond donors (Lipinski definition) is 2.